The summed E-state index contributed by atoms with van der Waals surface area (Å²) < 4.78 is 6.80. The lowest BCUT2D eigenvalue weighted by Gasteiger charge is -2.08. The number of hydrogen-bond donors (Lipinski definition) is 2. The molecule has 0 bridgehead atoms. The zero-order chi connectivity index (χ0) is 15.2. The van der Waals surface area contributed by atoms with Crippen molar-refractivity contribution in [1.82, 2.24) is 15.1 Å². The minimum absolute atomic E-state index is 0.235. The molecule has 1 heterocycles. The van der Waals surface area contributed by atoms with Gasteiger partial charge < -0.3 is 10.1 Å². The third kappa shape index (κ3) is 4.24. The number of urea groups is 1. The van der Waals surface area contributed by atoms with Crippen LogP contribution in [-0.4, -0.2) is 29.5 Å². The number of aryl methyl sites for hydroxylation is 2. The summed E-state index contributed by atoms with van der Waals surface area (Å²) >= 11 is 0. The third-order valence-electron chi connectivity index (χ3n) is 3.08. The molecule has 0 aliphatic heterocycles. The van der Waals surface area contributed by atoms with Crippen molar-refractivity contribution in [3.05, 3.63) is 41.6 Å². The van der Waals surface area contributed by atoms with Crippen molar-refractivity contribution >= 4 is 11.8 Å². The molecule has 2 N–H and O–H groups in total. The molecule has 6 nitrogen and oxygen atoms in total. The van der Waals surface area contributed by atoms with Crippen molar-refractivity contribution in [2.24, 2.45) is 7.05 Å². The first-order valence-corrected chi connectivity index (χ1v) is 6.77. The molecule has 2 rings (SSSR count). The second kappa shape index (κ2) is 6.78. The summed E-state index contributed by atoms with van der Waals surface area (Å²) in [6, 6.07) is 9.39. The third-order valence-corrected chi connectivity index (χ3v) is 3.08. The maximum atomic E-state index is 11.8. The quantitative estimate of drug-likeness (QED) is 0.885. The molecule has 0 saturated carbocycles. The van der Waals surface area contributed by atoms with E-state index in [1.165, 1.54) is 0 Å². The van der Waals surface area contributed by atoms with Crippen LogP contribution in [0.5, 0.6) is 5.75 Å². The smallest absolute Gasteiger partial charge is 0.320 e. The maximum absolute atomic E-state index is 11.8. The molecule has 0 saturated heterocycles. The summed E-state index contributed by atoms with van der Waals surface area (Å²) in [5.74, 6) is 1.49. The SMILES string of the molecule is COc1cccc(CCNC(=O)Nc2cc(C)nn2C)c1. The Bertz CT molecular complexity index is 622. The zero-order valence-electron chi connectivity index (χ0n) is 12.5. The van der Waals surface area contributed by atoms with Crippen LogP contribution >= 0.6 is 0 Å². The van der Waals surface area contributed by atoms with Crippen LogP contribution in [0.1, 0.15) is 11.3 Å². The summed E-state index contributed by atoms with van der Waals surface area (Å²) in [5.41, 5.74) is 1.98. The normalized spacial score (nSPS) is 10.2. The Kier molecular flexibility index (Phi) is 4.81. The molecule has 6 heteroatoms. The molecule has 112 valence electrons. The molecule has 0 unspecified atom stereocenters. The van der Waals surface area contributed by atoms with E-state index >= 15 is 0 Å². The summed E-state index contributed by atoms with van der Waals surface area (Å²) in [6.07, 6.45) is 0.745. The van der Waals surface area contributed by atoms with Crippen molar-refractivity contribution in [3.8, 4) is 5.75 Å². The van der Waals surface area contributed by atoms with Gasteiger partial charge in [0.05, 0.1) is 12.8 Å². The van der Waals surface area contributed by atoms with Gasteiger partial charge in [0.25, 0.3) is 0 Å². The van der Waals surface area contributed by atoms with Gasteiger partial charge in [-0.15, -0.1) is 0 Å². The number of ether oxygens (including phenoxy) is 1. The Hall–Kier alpha value is -2.50. The van der Waals surface area contributed by atoms with Gasteiger partial charge in [-0.25, -0.2) is 4.79 Å². The molecule has 2 aromatic rings. The van der Waals surface area contributed by atoms with Crippen LogP contribution in [0.3, 0.4) is 0 Å². The Balaban J connectivity index is 1.80. The first-order chi connectivity index (χ1) is 10.1. The van der Waals surface area contributed by atoms with Gasteiger partial charge in [-0.05, 0) is 31.0 Å². The lowest BCUT2D eigenvalue weighted by atomic mass is 10.1. The van der Waals surface area contributed by atoms with Gasteiger partial charge in [0.15, 0.2) is 0 Å². The topological polar surface area (TPSA) is 68.2 Å². The van der Waals surface area contributed by atoms with Crippen molar-refractivity contribution in [2.45, 2.75) is 13.3 Å². The minimum atomic E-state index is -0.235. The van der Waals surface area contributed by atoms with Gasteiger partial charge in [0, 0.05) is 19.7 Å². The van der Waals surface area contributed by atoms with Gasteiger partial charge in [-0.1, -0.05) is 12.1 Å². The summed E-state index contributed by atoms with van der Waals surface area (Å²) in [7, 11) is 3.43. The predicted octanol–water partition coefficient (Wildman–Crippen LogP) is 2.10. The number of nitrogens with one attached hydrogen (secondary N) is 2. The zero-order valence-corrected chi connectivity index (χ0v) is 12.5. The number of aromatic nitrogens is 2. The average Bonchev–Trinajstić information content (AvgIpc) is 2.77. The summed E-state index contributed by atoms with van der Waals surface area (Å²) in [4.78, 5) is 11.8. The number of methoxy groups -OCH3 is 1. The monoisotopic (exact) mass is 288 g/mol. The average molecular weight is 288 g/mol. The van der Waals surface area contributed by atoms with E-state index in [-0.39, 0.29) is 6.03 Å². The van der Waals surface area contributed by atoms with Gasteiger partial charge in [0.1, 0.15) is 11.6 Å². The fourth-order valence-corrected chi connectivity index (χ4v) is 2.04. The second-order valence-corrected chi connectivity index (χ2v) is 4.78. The number of nitrogens with zero attached hydrogens (tertiary/aromatic N) is 2. The standard InChI is InChI=1S/C15H20N4O2/c1-11-9-14(19(2)18-11)17-15(20)16-8-7-12-5-4-6-13(10-12)21-3/h4-6,9-10H,7-8H2,1-3H3,(H2,16,17,20). The molecular weight excluding hydrogens is 268 g/mol. The number of carbonyl (C=O) groups excluding carboxylic acids is 1. The van der Waals surface area contributed by atoms with Crippen LogP contribution in [0.15, 0.2) is 30.3 Å². The van der Waals surface area contributed by atoms with E-state index in [4.69, 9.17) is 4.74 Å². The number of anilines is 1. The van der Waals surface area contributed by atoms with E-state index in [1.54, 1.807) is 18.8 Å². The fraction of sp³-hybridized carbons (Fsp3) is 0.333. The van der Waals surface area contributed by atoms with Gasteiger partial charge in [0.2, 0.25) is 0 Å². The van der Waals surface area contributed by atoms with Gasteiger partial charge >= 0.3 is 6.03 Å². The largest absolute Gasteiger partial charge is 0.497 e. The molecule has 0 aliphatic rings. The van der Waals surface area contributed by atoms with Gasteiger partial charge in [-0.3, -0.25) is 10.00 Å². The van der Waals surface area contributed by atoms with Gasteiger partial charge in [-0.2, -0.15) is 5.10 Å². The minimum Gasteiger partial charge on any atom is -0.497 e. The second-order valence-electron chi connectivity index (χ2n) is 4.78. The lowest BCUT2D eigenvalue weighted by molar-refractivity contribution is 0.252. The molecule has 2 amide bonds. The van der Waals surface area contributed by atoms with Crippen LogP contribution in [0.25, 0.3) is 0 Å². The Morgan fingerprint density at radius 3 is 2.86 bits per heavy atom. The molecule has 0 fully saturated rings. The highest BCUT2D eigenvalue weighted by Gasteiger charge is 2.06. The predicted molar refractivity (Wildman–Crippen MR) is 81.7 cm³/mol. The lowest BCUT2D eigenvalue weighted by Crippen LogP contribution is -2.31. The molecule has 21 heavy (non-hydrogen) atoms. The Morgan fingerprint density at radius 1 is 1.38 bits per heavy atom. The summed E-state index contributed by atoms with van der Waals surface area (Å²) in [5, 5.41) is 9.76. The first kappa shape index (κ1) is 14.9. The van der Waals surface area contributed by atoms with E-state index in [1.807, 2.05) is 37.3 Å². The van der Waals surface area contributed by atoms with Crippen LogP contribution in [-0.2, 0) is 13.5 Å². The molecule has 0 spiro atoms. The highest BCUT2D eigenvalue weighted by Crippen LogP contribution is 2.12. The van der Waals surface area contributed by atoms with Crippen LogP contribution in [0, 0.1) is 6.92 Å². The number of carbonyl (C=O) groups is 1. The van der Waals surface area contributed by atoms with E-state index in [0.717, 1.165) is 23.4 Å². The number of benzene rings is 1. The number of hydrogen-bond acceptors (Lipinski definition) is 3. The molecule has 0 aliphatic carbocycles. The maximum Gasteiger partial charge on any atom is 0.320 e. The Morgan fingerprint density at radius 2 is 2.19 bits per heavy atom. The first-order valence-electron chi connectivity index (χ1n) is 6.77. The molecular formula is C15H20N4O2. The Labute approximate surface area is 124 Å². The van der Waals surface area contributed by atoms with E-state index in [0.29, 0.717) is 12.4 Å². The molecule has 1 aromatic carbocycles. The highest BCUT2D eigenvalue weighted by atomic mass is 16.5. The fourth-order valence-electron chi connectivity index (χ4n) is 2.04. The molecule has 0 radical (unpaired) electrons. The number of amides is 2. The van der Waals surface area contributed by atoms with Crippen molar-refractivity contribution in [2.75, 3.05) is 19.0 Å². The number of rotatable bonds is 5. The molecule has 1 aromatic heterocycles. The van der Waals surface area contributed by atoms with Crippen LogP contribution < -0.4 is 15.4 Å². The van der Waals surface area contributed by atoms with Crippen LogP contribution in [0.4, 0.5) is 10.6 Å². The highest BCUT2D eigenvalue weighted by molar-refractivity contribution is 5.88. The van der Waals surface area contributed by atoms with E-state index in [2.05, 4.69) is 15.7 Å². The van der Waals surface area contributed by atoms with E-state index in [9.17, 15) is 4.79 Å². The van der Waals surface area contributed by atoms with E-state index < -0.39 is 0 Å². The van der Waals surface area contributed by atoms with Crippen molar-refractivity contribution in [1.29, 1.82) is 0 Å². The molecule has 0 atom stereocenters. The van der Waals surface area contributed by atoms with Crippen molar-refractivity contribution < 1.29 is 9.53 Å². The van der Waals surface area contributed by atoms with Crippen LogP contribution in [0.2, 0.25) is 0 Å². The summed E-state index contributed by atoms with van der Waals surface area (Å²) in [6.45, 7) is 2.43. The van der Waals surface area contributed by atoms with Crippen molar-refractivity contribution in [3.63, 3.8) is 0 Å².